The molecule has 0 atom stereocenters. The van der Waals surface area contributed by atoms with E-state index < -0.39 is 9.84 Å². The van der Waals surface area contributed by atoms with E-state index in [1.165, 1.54) is 0 Å². The molecule has 2 rings (SSSR count). The molecule has 0 aromatic heterocycles. The minimum Gasteiger partial charge on any atom is -0.294 e. The average Bonchev–Trinajstić information content (AvgIpc) is 2.12. The second kappa shape index (κ2) is 3.17. The first-order valence-electron chi connectivity index (χ1n) is 4.07. The zero-order valence-corrected chi connectivity index (χ0v) is 9.56. The van der Waals surface area contributed by atoms with Crippen LogP contribution in [0, 0.1) is 0 Å². The molecule has 0 aliphatic carbocycles. The molecule has 0 spiro atoms. The van der Waals surface area contributed by atoms with Gasteiger partial charge in [0, 0.05) is 16.5 Å². The molecule has 1 heterocycles. The Morgan fingerprint density at radius 1 is 1.29 bits per heavy atom. The Balaban J connectivity index is 2.83. The van der Waals surface area contributed by atoms with Gasteiger partial charge in [-0.2, -0.15) is 0 Å². The lowest BCUT2D eigenvalue weighted by molar-refractivity contribution is 0.0983. The van der Waals surface area contributed by atoms with E-state index in [0.29, 0.717) is 10.0 Å². The van der Waals surface area contributed by atoms with Gasteiger partial charge in [-0.1, -0.05) is 12.1 Å². The Labute approximate surface area is 90.2 Å². The van der Waals surface area contributed by atoms with Gasteiger partial charge in [0.15, 0.2) is 15.6 Å². The van der Waals surface area contributed by atoms with Crippen molar-refractivity contribution in [1.29, 1.82) is 0 Å². The monoisotopic (exact) mass is 274 g/mol. The zero-order valence-electron chi connectivity index (χ0n) is 7.16. The highest BCUT2D eigenvalue weighted by atomic mass is 79.9. The summed E-state index contributed by atoms with van der Waals surface area (Å²) in [6.07, 6.45) is 0.0891. The van der Waals surface area contributed by atoms with Crippen molar-refractivity contribution in [2.45, 2.75) is 11.3 Å². The van der Waals surface area contributed by atoms with E-state index in [2.05, 4.69) is 15.9 Å². The fourth-order valence-electron chi connectivity index (χ4n) is 1.51. The first-order valence-corrected chi connectivity index (χ1v) is 6.51. The summed E-state index contributed by atoms with van der Waals surface area (Å²) in [6.45, 7) is 0. The normalized spacial score (nSPS) is 19.1. The maximum atomic E-state index is 11.7. The lowest BCUT2D eigenvalue weighted by Crippen LogP contribution is -2.21. The molecule has 1 aromatic carbocycles. The summed E-state index contributed by atoms with van der Waals surface area (Å²) in [7, 11) is -3.27. The molecule has 0 unspecified atom stereocenters. The predicted octanol–water partition coefficient (Wildman–Crippen LogP) is 1.81. The number of benzene rings is 1. The average molecular weight is 275 g/mol. The van der Waals surface area contributed by atoms with Crippen LogP contribution in [0.3, 0.4) is 0 Å². The van der Waals surface area contributed by atoms with E-state index in [-0.39, 0.29) is 22.9 Å². The molecule has 0 bridgehead atoms. The summed E-state index contributed by atoms with van der Waals surface area (Å²) < 4.78 is 23.8. The van der Waals surface area contributed by atoms with Gasteiger partial charge in [0.05, 0.1) is 10.6 Å². The number of fused-ring (bicyclic) bond motifs is 1. The highest BCUT2D eigenvalue weighted by Crippen LogP contribution is 2.31. The summed E-state index contributed by atoms with van der Waals surface area (Å²) in [5.41, 5.74) is 0.311. The smallest absolute Gasteiger partial charge is 0.180 e. The van der Waals surface area contributed by atoms with E-state index in [4.69, 9.17) is 0 Å². The van der Waals surface area contributed by atoms with Gasteiger partial charge in [0.2, 0.25) is 0 Å². The molecule has 0 saturated heterocycles. The van der Waals surface area contributed by atoms with E-state index in [0.717, 1.165) is 0 Å². The van der Waals surface area contributed by atoms with Crippen molar-refractivity contribution < 1.29 is 13.2 Å². The van der Waals surface area contributed by atoms with Crippen LogP contribution in [0.4, 0.5) is 0 Å². The van der Waals surface area contributed by atoms with E-state index >= 15 is 0 Å². The molecule has 0 amide bonds. The van der Waals surface area contributed by atoms with Crippen molar-refractivity contribution >= 4 is 31.6 Å². The van der Waals surface area contributed by atoms with E-state index in [1.54, 1.807) is 18.2 Å². The molecule has 0 radical (unpaired) electrons. The summed E-state index contributed by atoms with van der Waals surface area (Å²) >= 11 is 3.15. The number of Topliss-reactive ketones (excluding diaryl/α,β-unsaturated/α-hetero) is 1. The number of halogens is 1. The Bertz CT molecular complexity index is 505. The number of hydrogen-bond donors (Lipinski definition) is 0. The summed E-state index contributed by atoms with van der Waals surface area (Å²) in [4.78, 5) is 11.6. The SMILES string of the molecule is O=C1CCS(=O)(=O)c2c(Br)cccc21. The molecule has 0 N–H and O–H groups in total. The van der Waals surface area contributed by atoms with E-state index in [1.807, 2.05) is 0 Å². The fraction of sp³-hybridized carbons (Fsp3) is 0.222. The number of carbonyl (C=O) groups excluding carboxylic acids is 1. The van der Waals surface area contributed by atoms with E-state index in [9.17, 15) is 13.2 Å². The van der Waals surface area contributed by atoms with Crippen molar-refractivity contribution in [3.63, 3.8) is 0 Å². The molecule has 1 aliphatic rings. The van der Waals surface area contributed by atoms with Crippen LogP contribution in [0.15, 0.2) is 27.6 Å². The maximum absolute atomic E-state index is 11.7. The number of hydrogen-bond acceptors (Lipinski definition) is 3. The summed E-state index contributed by atoms with van der Waals surface area (Å²) in [5, 5.41) is 0. The number of ketones is 1. The largest absolute Gasteiger partial charge is 0.294 e. The molecule has 0 fully saturated rings. The molecule has 0 saturated carbocycles. The molecule has 14 heavy (non-hydrogen) atoms. The van der Waals surface area contributed by atoms with Crippen LogP contribution >= 0.6 is 15.9 Å². The minimum atomic E-state index is -3.27. The van der Waals surface area contributed by atoms with Gasteiger partial charge in [-0.05, 0) is 22.0 Å². The van der Waals surface area contributed by atoms with Crippen LogP contribution in [-0.2, 0) is 9.84 Å². The van der Waals surface area contributed by atoms with Crippen molar-refractivity contribution in [2.24, 2.45) is 0 Å². The Morgan fingerprint density at radius 2 is 2.00 bits per heavy atom. The lowest BCUT2D eigenvalue weighted by atomic mass is 10.1. The summed E-state index contributed by atoms with van der Waals surface area (Å²) in [5.74, 6) is -0.183. The van der Waals surface area contributed by atoms with Gasteiger partial charge >= 0.3 is 0 Å². The molecule has 1 aromatic rings. The maximum Gasteiger partial charge on any atom is 0.180 e. The first-order chi connectivity index (χ1) is 6.52. The van der Waals surface area contributed by atoms with Gasteiger partial charge in [0.1, 0.15) is 0 Å². The van der Waals surface area contributed by atoms with Gasteiger partial charge in [0.25, 0.3) is 0 Å². The third-order valence-electron chi connectivity index (χ3n) is 2.18. The standard InChI is InChI=1S/C9H7BrO3S/c10-7-3-1-2-6-8(11)4-5-14(12,13)9(6)7/h1-3H,4-5H2. The van der Waals surface area contributed by atoms with Crippen molar-refractivity contribution in [3.8, 4) is 0 Å². The number of sulfone groups is 1. The minimum absolute atomic E-state index is 0.0819. The summed E-state index contributed by atoms with van der Waals surface area (Å²) in [6, 6.07) is 4.86. The quantitative estimate of drug-likeness (QED) is 0.725. The van der Waals surface area contributed by atoms with Gasteiger partial charge in [-0.3, -0.25) is 4.79 Å². The third kappa shape index (κ3) is 1.40. The molecule has 1 aliphatic heterocycles. The van der Waals surface area contributed by atoms with Gasteiger partial charge in [-0.15, -0.1) is 0 Å². The van der Waals surface area contributed by atoms with Crippen LogP contribution in [0.25, 0.3) is 0 Å². The topological polar surface area (TPSA) is 51.2 Å². The van der Waals surface area contributed by atoms with Crippen molar-refractivity contribution in [1.82, 2.24) is 0 Å². The number of rotatable bonds is 0. The van der Waals surface area contributed by atoms with Crippen LogP contribution in [-0.4, -0.2) is 20.0 Å². The molecule has 5 heteroatoms. The molecule has 3 nitrogen and oxygen atoms in total. The van der Waals surface area contributed by atoms with Crippen LogP contribution in [0.5, 0.6) is 0 Å². The Hall–Kier alpha value is -0.680. The predicted molar refractivity (Wildman–Crippen MR) is 55.1 cm³/mol. The highest BCUT2D eigenvalue weighted by molar-refractivity contribution is 9.10. The van der Waals surface area contributed by atoms with Gasteiger partial charge < -0.3 is 0 Å². The Kier molecular flexibility index (Phi) is 2.23. The zero-order chi connectivity index (χ0) is 10.3. The molecular formula is C9H7BrO3S. The second-order valence-corrected chi connectivity index (χ2v) is 6.01. The Morgan fingerprint density at radius 3 is 2.64 bits per heavy atom. The van der Waals surface area contributed by atoms with Crippen molar-refractivity contribution in [2.75, 3.05) is 5.75 Å². The van der Waals surface area contributed by atoms with Gasteiger partial charge in [-0.25, -0.2) is 8.42 Å². The number of carbonyl (C=O) groups is 1. The third-order valence-corrected chi connectivity index (χ3v) is 4.90. The van der Waals surface area contributed by atoms with Crippen LogP contribution in [0.2, 0.25) is 0 Å². The van der Waals surface area contributed by atoms with Crippen molar-refractivity contribution in [3.05, 3.63) is 28.2 Å². The molecular weight excluding hydrogens is 268 g/mol. The molecule has 74 valence electrons. The fourth-order valence-corrected chi connectivity index (χ4v) is 4.15. The van der Waals surface area contributed by atoms with Crippen LogP contribution in [0.1, 0.15) is 16.8 Å². The lowest BCUT2D eigenvalue weighted by Gasteiger charge is -2.15. The van der Waals surface area contributed by atoms with Crippen LogP contribution < -0.4 is 0 Å². The highest BCUT2D eigenvalue weighted by Gasteiger charge is 2.30. The second-order valence-electron chi connectivity index (χ2n) is 3.11. The first kappa shape index (κ1) is 9.86.